The molecule has 0 radical (unpaired) electrons. The lowest BCUT2D eigenvalue weighted by Crippen LogP contribution is -2.47. The zero-order valence-corrected chi connectivity index (χ0v) is 10.8. The molecule has 1 aliphatic heterocycles. The number of aromatic amines is 1. The van der Waals surface area contributed by atoms with Crippen LogP contribution < -0.4 is 5.32 Å². The second kappa shape index (κ2) is 4.41. The SMILES string of the molecule is CN1CC(=O)N/C(=C\c2c[nH]c3ccc(O)cc23)C1=O. The summed E-state index contributed by atoms with van der Waals surface area (Å²) in [6, 6.07) is 4.94. The number of piperazine rings is 1. The lowest BCUT2D eigenvalue weighted by Gasteiger charge is -2.24. The van der Waals surface area contributed by atoms with E-state index in [4.69, 9.17) is 0 Å². The Hall–Kier alpha value is -2.76. The molecule has 20 heavy (non-hydrogen) atoms. The summed E-state index contributed by atoms with van der Waals surface area (Å²) in [6.45, 7) is 0.0604. The molecule has 1 saturated heterocycles. The highest BCUT2D eigenvalue weighted by Gasteiger charge is 2.25. The lowest BCUT2D eigenvalue weighted by molar-refractivity contribution is -0.135. The van der Waals surface area contributed by atoms with Gasteiger partial charge in [0.2, 0.25) is 5.91 Å². The predicted molar refractivity (Wildman–Crippen MR) is 73.7 cm³/mol. The zero-order chi connectivity index (χ0) is 14.3. The molecule has 1 aromatic carbocycles. The monoisotopic (exact) mass is 271 g/mol. The molecule has 0 saturated carbocycles. The molecular formula is C14H13N3O3. The van der Waals surface area contributed by atoms with Gasteiger partial charge in [-0.25, -0.2) is 0 Å². The number of nitrogens with zero attached hydrogens (tertiary/aromatic N) is 1. The minimum atomic E-state index is -0.237. The summed E-state index contributed by atoms with van der Waals surface area (Å²) in [5.74, 6) is -0.312. The summed E-state index contributed by atoms with van der Waals surface area (Å²) >= 11 is 0. The fourth-order valence-corrected chi connectivity index (χ4v) is 2.24. The first-order valence-corrected chi connectivity index (χ1v) is 6.12. The van der Waals surface area contributed by atoms with Crippen LogP contribution >= 0.6 is 0 Å². The van der Waals surface area contributed by atoms with E-state index in [9.17, 15) is 14.7 Å². The van der Waals surface area contributed by atoms with Gasteiger partial charge in [-0.1, -0.05) is 0 Å². The molecule has 102 valence electrons. The number of benzene rings is 1. The minimum Gasteiger partial charge on any atom is -0.508 e. The third-order valence-corrected chi connectivity index (χ3v) is 3.23. The molecule has 3 N–H and O–H groups in total. The van der Waals surface area contributed by atoms with Gasteiger partial charge in [-0.15, -0.1) is 0 Å². The number of aromatic nitrogens is 1. The van der Waals surface area contributed by atoms with Gasteiger partial charge in [0.05, 0.1) is 6.54 Å². The summed E-state index contributed by atoms with van der Waals surface area (Å²) in [7, 11) is 1.58. The molecule has 2 amide bonds. The van der Waals surface area contributed by atoms with Gasteiger partial charge in [0.25, 0.3) is 5.91 Å². The third-order valence-electron chi connectivity index (χ3n) is 3.23. The minimum absolute atomic E-state index is 0.0604. The largest absolute Gasteiger partial charge is 0.508 e. The van der Waals surface area contributed by atoms with Gasteiger partial charge in [-0.2, -0.15) is 0 Å². The van der Waals surface area contributed by atoms with Gasteiger partial charge in [0.15, 0.2) is 0 Å². The van der Waals surface area contributed by atoms with Gasteiger partial charge in [0, 0.05) is 29.7 Å². The van der Waals surface area contributed by atoms with Gasteiger partial charge >= 0.3 is 0 Å². The van der Waals surface area contributed by atoms with Crippen molar-refractivity contribution in [1.29, 1.82) is 0 Å². The van der Waals surface area contributed by atoms with Crippen LogP contribution in [0.2, 0.25) is 0 Å². The van der Waals surface area contributed by atoms with E-state index in [0.29, 0.717) is 0 Å². The molecule has 6 heteroatoms. The first-order chi connectivity index (χ1) is 9.54. The zero-order valence-electron chi connectivity index (χ0n) is 10.8. The van der Waals surface area contributed by atoms with Crippen LogP contribution in [0.15, 0.2) is 30.1 Å². The quantitative estimate of drug-likeness (QED) is 0.671. The van der Waals surface area contributed by atoms with Crippen molar-refractivity contribution in [3.05, 3.63) is 35.7 Å². The second-order valence-corrected chi connectivity index (χ2v) is 4.74. The average molecular weight is 271 g/mol. The Morgan fingerprint density at radius 3 is 2.95 bits per heavy atom. The van der Waals surface area contributed by atoms with E-state index in [-0.39, 0.29) is 29.8 Å². The highest BCUT2D eigenvalue weighted by atomic mass is 16.3. The van der Waals surface area contributed by atoms with Crippen LogP contribution in [0, 0.1) is 0 Å². The summed E-state index contributed by atoms with van der Waals surface area (Å²) < 4.78 is 0. The fraction of sp³-hybridized carbons (Fsp3) is 0.143. The van der Waals surface area contributed by atoms with Crippen LogP contribution in [0.3, 0.4) is 0 Å². The molecule has 0 atom stereocenters. The van der Waals surface area contributed by atoms with E-state index >= 15 is 0 Å². The number of phenols is 1. The van der Waals surface area contributed by atoms with E-state index in [1.54, 1.807) is 37.5 Å². The number of phenolic OH excluding ortho intramolecular Hbond substituents is 1. The molecule has 0 bridgehead atoms. The van der Waals surface area contributed by atoms with E-state index in [2.05, 4.69) is 10.3 Å². The average Bonchev–Trinajstić information content (AvgIpc) is 2.78. The number of carbonyl (C=O) groups excluding carboxylic acids is 2. The number of likely N-dealkylation sites (N-methyl/N-ethyl adjacent to an activating group) is 1. The maximum Gasteiger partial charge on any atom is 0.270 e. The molecular weight excluding hydrogens is 258 g/mol. The maximum absolute atomic E-state index is 12.0. The summed E-state index contributed by atoms with van der Waals surface area (Å²) in [5.41, 5.74) is 1.81. The molecule has 0 spiro atoms. The van der Waals surface area contributed by atoms with Crippen molar-refractivity contribution in [2.45, 2.75) is 0 Å². The molecule has 2 aromatic rings. The number of fused-ring (bicyclic) bond motifs is 1. The number of hydrogen-bond acceptors (Lipinski definition) is 3. The van der Waals surface area contributed by atoms with Crippen LogP contribution in [0.4, 0.5) is 0 Å². The molecule has 1 aromatic heterocycles. The standard InChI is InChI=1S/C14H13N3O3/c1-17-7-13(19)16-12(14(17)20)4-8-6-15-11-3-2-9(18)5-10(8)11/h2-6,15,18H,7H2,1H3,(H,16,19)/b12-4-. The van der Waals surface area contributed by atoms with Crippen molar-refractivity contribution in [1.82, 2.24) is 15.2 Å². The van der Waals surface area contributed by atoms with Crippen LogP contribution in [0.25, 0.3) is 17.0 Å². The van der Waals surface area contributed by atoms with E-state index in [1.165, 1.54) is 4.90 Å². The molecule has 1 aliphatic rings. The van der Waals surface area contributed by atoms with Crippen LogP contribution in [-0.2, 0) is 9.59 Å². The van der Waals surface area contributed by atoms with Gasteiger partial charge < -0.3 is 20.3 Å². The Balaban J connectivity index is 2.07. The number of amides is 2. The first kappa shape index (κ1) is 12.3. The highest BCUT2D eigenvalue weighted by molar-refractivity contribution is 6.07. The molecule has 0 unspecified atom stereocenters. The van der Waals surface area contributed by atoms with E-state index < -0.39 is 0 Å². The predicted octanol–water partition coefficient (Wildman–Crippen LogP) is 0.803. The highest BCUT2D eigenvalue weighted by Crippen LogP contribution is 2.24. The molecule has 2 heterocycles. The summed E-state index contributed by atoms with van der Waals surface area (Å²) in [5, 5.41) is 12.9. The fourth-order valence-electron chi connectivity index (χ4n) is 2.24. The normalized spacial score (nSPS) is 17.9. The molecule has 0 aliphatic carbocycles. The van der Waals surface area contributed by atoms with Crippen molar-refractivity contribution in [3.63, 3.8) is 0 Å². The van der Waals surface area contributed by atoms with Crippen molar-refractivity contribution in [2.24, 2.45) is 0 Å². The van der Waals surface area contributed by atoms with Crippen molar-refractivity contribution >= 4 is 28.8 Å². The van der Waals surface area contributed by atoms with E-state index in [1.807, 2.05) is 0 Å². The Labute approximate surface area is 114 Å². The second-order valence-electron chi connectivity index (χ2n) is 4.74. The summed E-state index contributed by atoms with van der Waals surface area (Å²) in [4.78, 5) is 27.9. The van der Waals surface area contributed by atoms with Gasteiger partial charge in [0.1, 0.15) is 11.4 Å². The number of carbonyl (C=O) groups is 2. The van der Waals surface area contributed by atoms with Crippen molar-refractivity contribution in [3.8, 4) is 5.75 Å². The van der Waals surface area contributed by atoms with E-state index in [0.717, 1.165) is 16.5 Å². The Morgan fingerprint density at radius 2 is 2.15 bits per heavy atom. The Morgan fingerprint density at radius 1 is 1.35 bits per heavy atom. The third kappa shape index (κ3) is 2.01. The number of hydrogen-bond donors (Lipinski definition) is 3. The van der Waals surface area contributed by atoms with Crippen molar-refractivity contribution < 1.29 is 14.7 Å². The van der Waals surface area contributed by atoms with Crippen LogP contribution in [0.1, 0.15) is 5.56 Å². The Kier molecular flexibility index (Phi) is 2.71. The lowest BCUT2D eigenvalue weighted by atomic mass is 10.1. The molecule has 3 rings (SSSR count). The molecule has 6 nitrogen and oxygen atoms in total. The number of H-pyrrole nitrogens is 1. The smallest absolute Gasteiger partial charge is 0.270 e. The first-order valence-electron chi connectivity index (χ1n) is 6.12. The molecule has 1 fully saturated rings. The van der Waals surface area contributed by atoms with Crippen LogP contribution in [0.5, 0.6) is 5.75 Å². The number of aromatic hydroxyl groups is 1. The number of nitrogens with one attached hydrogen (secondary N) is 2. The van der Waals surface area contributed by atoms with Gasteiger partial charge in [-0.3, -0.25) is 9.59 Å². The topological polar surface area (TPSA) is 85.4 Å². The van der Waals surface area contributed by atoms with Gasteiger partial charge in [-0.05, 0) is 24.3 Å². The van der Waals surface area contributed by atoms with Crippen LogP contribution in [-0.4, -0.2) is 40.4 Å². The van der Waals surface area contributed by atoms with Crippen molar-refractivity contribution in [2.75, 3.05) is 13.6 Å². The maximum atomic E-state index is 12.0. The number of rotatable bonds is 1. The Bertz CT molecular complexity index is 745. The summed E-state index contributed by atoms with van der Waals surface area (Å²) in [6.07, 6.45) is 3.33.